The summed E-state index contributed by atoms with van der Waals surface area (Å²) < 4.78 is 59.4. The molecule has 0 amide bonds. The fourth-order valence-corrected chi connectivity index (χ4v) is 3.24. The maximum absolute atomic E-state index is 14.3. The first-order valence-electron chi connectivity index (χ1n) is 10.3. The summed E-state index contributed by atoms with van der Waals surface area (Å²) in [5, 5.41) is 7.64. The van der Waals surface area contributed by atoms with Crippen LogP contribution in [0.4, 0.5) is 13.2 Å². The van der Waals surface area contributed by atoms with Gasteiger partial charge in [0.15, 0.2) is 6.29 Å². The quantitative estimate of drug-likeness (QED) is 0.281. The van der Waals surface area contributed by atoms with Crippen LogP contribution in [-0.4, -0.2) is 24.0 Å². The smallest absolute Gasteiger partial charge is 0.402 e. The van der Waals surface area contributed by atoms with Gasteiger partial charge in [-0.25, -0.2) is 0 Å². The van der Waals surface area contributed by atoms with Crippen LogP contribution in [0.2, 0.25) is 0 Å². The second kappa shape index (κ2) is 9.77. The summed E-state index contributed by atoms with van der Waals surface area (Å²) in [5.74, 6) is 0.610. The molecule has 1 N–H and O–H groups in total. The minimum absolute atomic E-state index is 0.0630. The van der Waals surface area contributed by atoms with Gasteiger partial charge in [0.2, 0.25) is 5.90 Å². The second-order valence-corrected chi connectivity index (χ2v) is 8.55. The average molecular weight is 450 g/mol. The molecule has 0 bridgehead atoms. The molecule has 0 saturated heterocycles. The zero-order valence-corrected chi connectivity index (χ0v) is 19.2. The summed E-state index contributed by atoms with van der Waals surface area (Å²) in [6.07, 6.45) is -2.01. The van der Waals surface area contributed by atoms with Gasteiger partial charge in [-0.1, -0.05) is 30.3 Å². The number of allylic oxidation sites excluding steroid dienone is 1. The van der Waals surface area contributed by atoms with E-state index in [1.165, 1.54) is 54.6 Å². The Morgan fingerprint density at radius 2 is 1.34 bits per heavy atom. The van der Waals surface area contributed by atoms with Crippen molar-refractivity contribution in [2.75, 3.05) is 0 Å². The Bertz CT molecular complexity index is 929. The summed E-state index contributed by atoms with van der Waals surface area (Å²) >= 11 is 0. The first-order chi connectivity index (χ1) is 14.8. The van der Waals surface area contributed by atoms with E-state index in [1.54, 1.807) is 19.9 Å². The highest BCUT2D eigenvalue weighted by Crippen LogP contribution is 2.46. The Hall–Kier alpha value is -2.80. The molecular weight excluding hydrogens is 419 g/mol. The molecule has 2 unspecified atom stereocenters. The van der Waals surface area contributed by atoms with Gasteiger partial charge in [0, 0.05) is 0 Å². The number of hydrogen-bond donors (Lipinski definition) is 1. The minimum Gasteiger partial charge on any atom is -0.465 e. The molecule has 2 aromatic carbocycles. The monoisotopic (exact) mass is 449 g/mol. The largest absolute Gasteiger partial charge is 0.465 e. The molecule has 4 nitrogen and oxygen atoms in total. The second-order valence-electron chi connectivity index (χ2n) is 8.55. The highest BCUT2D eigenvalue weighted by atomic mass is 19.4. The van der Waals surface area contributed by atoms with E-state index in [-0.39, 0.29) is 22.8 Å². The number of alkyl halides is 3. The van der Waals surface area contributed by atoms with Crippen LogP contribution in [0.3, 0.4) is 0 Å². The lowest BCUT2D eigenvalue weighted by Gasteiger charge is -2.33. The molecule has 2 atom stereocenters. The van der Waals surface area contributed by atoms with Crippen molar-refractivity contribution in [3.05, 3.63) is 71.8 Å². The molecule has 0 heterocycles. The van der Waals surface area contributed by atoms with Crippen LogP contribution < -0.4 is 9.47 Å². The molecule has 0 radical (unpaired) electrons. The molecule has 2 aromatic rings. The average Bonchev–Trinajstić information content (AvgIpc) is 2.66. The van der Waals surface area contributed by atoms with E-state index in [0.717, 1.165) is 6.92 Å². The molecule has 0 aromatic heterocycles. The van der Waals surface area contributed by atoms with Gasteiger partial charge in [-0.15, -0.1) is 0 Å². The Morgan fingerprint density at radius 1 is 0.875 bits per heavy atom. The van der Waals surface area contributed by atoms with E-state index in [1.807, 2.05) is 20.8 Å². The summed E-state index contributed by atoms with van der Waals surface area (Å²) in [6.45, 7) is 10.3. The predicted octanol–water partition coefficient (Wildman–Crippen LogP) is 7.03. The van der Waals surface area contributed by atoms with Crippen LogP contribution in [0, 0.1) is 5.41 Å². The molecule has 0 aliphatic heterocycles. The molecule has 2 rings (SSSR count). The Labute approximate surface area is 187 Å². The number of benzene rings is 2. The third-order valence-corrected chi connectivity index (χ3v) is 4.80. The molecule has 0 saturated carbocycles. The third-order valence-electron chi connectivity index (χ3n) is 4.80. The number of ether oxygens (including phenoxy) is 3. The van der Waals surface area contributed by atoms with Crippen molar-refractivity contribution in [3.63, 3.8) is 0 Å². The Balaban J connectivity index is 2.30. The lowest BCUT2D eigenvalue weighted by atomic mass is 9.75. The van der Waals surface area contributed by atoms with Gasteiger partial charge in [-0.2, -0.15) is 13.2 Å². The normalized spacial score (nSPS) is 15.3. The first-order valence-corrected chi connectivity index (χ1v) is 10.3. The van der Waals surface area contributed by atoms with E-state index in [9.17, 15) is 13.2 Å². The topological polar surface area (TPSA) is 51.5 Å². The van der Waals surface area contributed by atoms with Crippen molar-refractivity contribution in [2.45, 2.75) is 65.0 Å². The van der Waals surface area contributed by atoms with Crippen molar-refractivity contribution < 1.29 is 27.4 Å². The zero-order valence-electron chi connectivity index (χ0n) is 19.2. The summed E-state index contributed by atoms with van der Waals surface area (Å²) in [5.41, 5.74) is -2.51. The third kappa shape index (κ3) is 6.36. The van der Waals surface area contributed by atoms with Gasteiger partial charge >= 0.3 is 6.18 Å². The Kier molecular flexibility index (Phi) is 7.78. The predicted molar refractivity (Wildman–Crippen MR) is 119 cm³/mol. The van der Waals surface area contributed by atoms with Crippen molar-refractivity contribution >= 4 is 5.90 Å². The summed E-state index contributed by atoms with van der Waals surface area (Å²) in [4.78, 5) is 0. The van der Waals surface area contributed by atoms with Crippen LogP contribution in [0.5, 0.6) is 11.5 Å². The molecule has 174 valence electrons. The SMILES string of the molecule is C/C=C/C(=N)Oc1ccc(C(C)(c2ccc(OC(C)OC(C)(C)C)cc2)C(F)(F)F)cc1. The van der Waals surface area contributed by atoms with Gasteiger partial charge in [-0.3, -0.25) is 5.41 Å². The van der Waals surface area contributed by atoms with Crippen LogP contribution >= 0.6 is 0 Å². The minimum atomic E-state index is -4.54. The number of halogens is 3. The van der Waals surface area contributed by atoms with Crippen molar-refractivity contribution in [1.29, 1.82) is 5.41 Å². The maximum Gasteiger partial charge on any atom is 0.402 e. The van der Waals surface area contributed by atoms with Crippen molar-refractivity contribution in [1.82, 2.24) is 0 Å². The van der Waals surface area contributed by atoms with E-state index in [4.69, 9.17) is 19.6 Å². The standard InChI is InChI=1S/C25H30F3NO3/c1-7-8-22(29)31-21-15-11-19(12-16-21)24(6,25(26,27)28)18-9-13-20(14-10-18)30-17(2)32-23(3,4)5/h7-17,29H,1-6H3/b8-7+,29-22?. The fourth-order valence-electron chi connectivity index (χ4n) is 3.24. The van der Waals surface area contributed by atoms with Crippen molar-refractivity contribution in [3.8, 4) is 11.5 Å². The van der Waals surface area contributed by atoms with Gasteiger partial charge in [0.1, 0.15) is 16.9 Å². The lowest BCUT2D eigenvalue weighted by Crippen LogP contribution is -2.40. The zero-order chi connectivity index (χ0) is 24.2. The van der Waals surface area contributed by atoms with Gasteiger partial charge in [0.25, 0.3) is 0 Å². The molecular formula is C25H30F3NO3. The van der Waals surface area contributed by atoms with Gasteiger partial charge < -0.3 is 14.2 Å². The molecule has 0 fully saturated rings. The molecule has 0 spiro atoms. The van der Waals surface area contributed by atoms with Crippen LogP contribution in [-0.2, 0) is 10.2 Å². The summed E-state index contributed by atoms with van der Waals surface area (Å²) in [7, 11) is 0. The maximum atomic E-state index is 14.3. The molecule has 0 aliphatic carbocycles. The molecule has 7 heteroatoms. The number of hydrogen-bond acceptors (Lipinski definition) is 4. The number of nitrogens with one attached hydrogen (secondary N) is 1. The highest BCUT2D eigenvalue weighted by molar-refractivity contribution is 5.86. The van der Waals surface area contributed by atoms with E-state index in [0.29, 0.717) is 5.75 Å². The first kappa shape index (κ1) is 25.5. The summed E-state index contributed by atoms with van der Waals surface area (Å²) in [6, 6.07) is 11.5. The number of rotatable bonds is 7. The highest BCUT2D eigenvalue weighted by Gasteiger charge is 2.53. The van der Waals surface area contributed by atoms with E-state index < -0.39 is 23.5 Å². The van der Waals surface area contributed by atoms with E-state index in [2.05, 4.69) is 0 Å². The van der Waals surface area contributed by atoms with Crippen LogP contribution in [0.1, 0.15) is 52.7 Å². The fraction of sp³-hybridized carbons (Fsp3) is 0.400. The Morgan fingerprint density at radius 3 is 1.75 bits per heavy atom. The van der Waals surface area contributed by atoms with Gasteiger partial charge in [0.05, 0.1) is 5.60 Å². The molecule has 32 heavy (non-hydrogen) atoms. The van der Waals surface area contributed by atoms with Crippen LogP contribution in [0.25, 0.3) is 0 Å². The van der Waals surface area contributed by atoms with Crippen LogP contribution in [0.15, 0.2) is 60.7 Å². The molecule has 0 aliphatic rings. The van der Waals surface area contributed by atoms with Gasteiger partial charge in [-0.05, 0) is 83.0 Å². The van der Waals surface area contributed by atoms with E-state index >= 15 is 0 Å². The van der Waals surface area contributed by atoms with Crippen molar-refractivity contribution in [2.24, 2.45) is 0 Å². The lowest BCUT2D eigenvalue weighted by molar-refractivity contribution is -0.173.